The van der Waals surface area contributed by atoms with Crippen LogP contribution < -0.4 is 15.4 Å². The molecular formula is C24H32FN5O3S. The lowest BCUT2D eigenvalue weighted by atomic mass is 9.83. The number of hydrogen-bond acceptors (Lipinski definition) is 4. The second-order valence-corrected chi connectivity index (χ2v) is 15.1. The van der Waals surface area contributed by atoms with E-state index in [2.05, 4.69) is 39.6 Å². The van der Waals surface area contributed by atoms with Gasteiger partial charge in [0.1, 0.15) is 11.4 Å². The van der Waals surface area contributed by atoms with Crippen molar-refractivity contribution in [1.29, 1.82) is 0 Å². The molecule has 1 aliphatic carbocycles. The minimum Gasteiger partial charge on any atom is -0.491 e. The highest BCUT2D eigenvalue weighted by atomic mass is 32.3. The lowest BCUT2D eigenvalue weighted by molar-refractivity contribution is -0.120. The summed E-state index contributed by atoms with van der Waals surface area (Å²) in [5.41, 5.74) is 1.76. The van der Waals surface area contributed by atoms with Crippen LogP contribution in [0.25, 0.3) is 0 Å². The number of anilines is 2. The molecule has 0 spiro atoms. The van der Waals surface area contributed by atoms with E-state index in [4.69, 9.17) is 4.74 Å². The summed E-state index contributed by atoms with van der Waals surface area (Å²) in [5.74, 6) is 0.340. The molecule has 3 N–H and O–H groups in total. The maximum absolute atomic E-state index is 14.6. The molecule has 2 aromatic rings. The molecule has 3 heterocycles. The number of fused-ring (bicyclic) bond motifs is 2. The zero-order valence-corrected chi connectivity index (χ0v) is 21.1. The summed E-state index contributed by atoms with van der Waals surface area (Å²) in [5, 5.41) is 13.2. The van der Waals surface area contributed by atoms with Crippen molar-refractivity contribution in [3.8, 4) is 5.75 Å². The Morgan fingerprint density at radius 1 is 1.21 bits per heavy atom. The number of hydrogen-bond donors (Lipinski definition) is 3. The van der Waals surface area contributed by atoms with Gasteiger partial charge in [-0.2, -0.15) is 5.10 Å². The van der Waals surface area contributed by atoms with Crippen molar-refractivity contribution in [3.63, 3.8) is 0 Å². The highest BCUT2D eigenvalue weighted by molar-refractivity contribution is 8.33. The summed E-state index contributed by atoms with van der Waals surface area (Å²) in [6, 6.07) is 2.60. The van der Waals surface area contributed by atoms with Crippen molar-refractivity contribution in [1.82, 2.24) is 15.1 Å². The van der Waals surface area contributed by atoms with Crippen molar-refractivity contribution in [2.45, 2.75) is 56.4 Å². The normalized spacial score (nSPS) is 20.1. The Bertz CT molecular complexity index is 1180. The van der Waals surface area contributed by atoms with E-state index < -0.39 is 27.4 Å². The van der Waals surface area contributed by atoms with Crippen molar-refractivity contribution < 1.29 is 18.7 Å². The van der Waals surface area contributed by atoms with E-state index in [0.717, 1.165) is 36.1 Å². The largest absolute Gasteiger partial charge is 0.491 e. The van der Waals surface area contributed by atoms with Crippen LogP contribution in [0, 0.1) is 5.82 Å². The lowest BCUT2D eigenvalue weighted by Gasteiger charge is -2.53. The first-order valence-electron chi connectivity index (χ1n) is 11.6. The zero-order chi connectivity index (χ0) is 24.5. The Balaban J connectivity index is 1.38. The summed E-state index contributed by atoms with van der Waals surface area (Å²) < 4.78 is 19.8. The molecule has 34 heavy (non-hydrogen) atoms. The molecule has 184 valence electrons. The third-order valence-electron chi connectivity index (χ3n) is 7.73. The van der Waals surface area contributed by atoms with Crippen molar-refractivity contribution in [2.24, 2.45) is 0 Å². The van der Waals surface area contributed by atoms with E-state index in [1.807, 2.05) is 13.8 Å². The monoisotopic (exact) mass is 489 g/mol. The van der Waals surface area contributed by atoms with Gasteiger partial charge in [0.15, 0.2) is 11.6 Å². The maximum Gasteiger partial charge on any atom is 0.323 e. The van der Waals surface area contributed by atoms with E-state index in [1.165, 1.54) is 6.07 Å². The van der Waals surface area contributed by atoms with Crippen molar-refractivity contribution >= 4 is 33.5 Å². The number of benzene rings is 1. The second-order valence-electron chi connectivity index (χ2n) is 10.6. The predicted octanol–water partition coefficient (Wildman–Crippen LogP) is 4.32. The van der Waals surface area contributed by atoms with Gasteiger partial charge in [0.2, 0.25) is 5.91 Å². The van der Waals surface area contributed by atoms with Gasteiger partial charge in [-0.25, -0.2) is 19.2 Å². The Labute approximate surface area is 200 Å². The molecule has 1 aromatic carbocycles. The molecule has 3 amide bonds. The first kappa shape index (κ1) is 23.0. The van der Waals surface area contributed by atoms with Crippen LogP contribution in [0.4, 0.5) is 20.7 Å². The van der Waals surface area contributed by atoms with E-state index in [1.54, 1.807) is 11.0 Å². The molecule has 0 radical (unpaired) electrons. The molecule has 10 heteroatoms. The zero-order valence-electron chi connectivity index (χ0n) is 20.3. The first-order chi connectivity index (χ1) is 16.0. The fourth-order valence-corrected chi connectivity index (χ4v) is 7.42. The smallest absolute Gasteiger partial charge is 0.323 e. The lowest BCUT2D eigenvalue weighted by Crippen LogP contribution is -2.51. The molecule has 2 aliphatic heterocycles. The summed E-state index contributed by atoms with van der Waals surface area (Å²) in [6.07, 6.45) is 10.1. The minimum absolute atomic E-state index is 0.00956. The molecule has 0 unspecified atom stereocenters. The van der Waals surface area contributed by atoms with E-state index in [9.17, 15) is 14.0 Å². The highest BCUT2D eigenvalue weighted by Crippen LogP contribution is 2.60. The van der Waals surface area contributed by atoms with Gasteiger partial charge in [0, 0.05) is 12.0 Å². The number of nitrogens with one attached hydrogen (secondary N) is 3. The van der Waals surface area contributed by atoms with Gasteiger partial charge in [-0.1, -0.05) is 6.07 Å². The van der Waals surface area contributed by atoms with Crippen LogP contribution in [0.5, 0.6) is 5.75 Å². The molecule has 1 aromatic heterocycles. The van der Waals surface area contributed by atoms with Gasteiger partial charge in [-0.15, -0.1) is 0 Å². The number of rotatable bonds is 4. The maximum atomic E-state index is 14.6. The van der Waals surface area contributed by atoms with Crippen LogP contribution in [0.2, 0.25) is 0 Å². The SMILES string of the molecule is CC1(C)c2[nH]nc(NC(=O)C3(S(C)(C)C)CCC3)c2CN1C(=O)Nc1c(F)ccc2c1OCC2. The molecule has 3 aliphatic rings. The Hall–Kier alpha value is -2.75. The minimum atomic E-state index is -1.11. The number of aromatic amines is 1. The van der Waals surface area contributed by atoms with Crippen molar-refractivity contribution in [2.75, 3.05) is 36.0 Å². The van der Waals surface area contributed by atoms with E-state index in [-0.39, 0.29) is 22.9 Å². The number of ether oxygens (including phenoxy) is 1. The van der Waals surface area contributed by atoms with Gasteiger partial charge in [0.05, 0.1) is 29.1 Å². The third-order valence-corrected chi connectivity index (χ3v) is 10.7. The quantitative estimate of drug-likeness (QED) is 0.596. The number of urea groups is 1. The van der Waals surface area contributed by atoms with Crippen molar-refractivity contribution in [3.05, 3.63) is 34.8 Å². The standard InChI is InChI=1S/C24H32FN5O3S/c1-23(2)19-15(20(29-28-19)27-21(31)24(10-6-11-24)34(3,4)5)13-30(23)22(32)26-17-16(25)8-7-14-9-12-33-18(14)17/h7-8H,6,9-13H2,1-5H3,(H,26,32)(H2,27,28,29,31). The molecule has 1 saturated carbocycles. The molecule has 0 bridgehead atoms. The van der Waals surface area contributed by atoms with Crippen LogP contribution in [-0.4, -0.2) is 57.2 Å². The number of H-pyrrole nitrogens is 1. The fourth-order valence-electron chi connectivity index (χ4n) is 5.30. The Morgan fingerprint density at radius 2 is 1.94 bits per heavy atom. The van der Waals surface area contributed by atoms with Gasteiger partial charge < -0.3 is 20.3 Å². The Kier molecular flexibility index (Phi) is 5.16. The average Bonchev–Trinajstić information content (AvgIpc) is 3.38. The Morgan fingerprint density at radius 3 is 2.59 bits per heavy atom. The molecule has 1 fully saturated rings. The van der Waals surface area contributed by atoms with Crippen LogP contribution in [0.3, 0.4) is 0 Å². The molecule has 8 nitrogen and oxygen atoms in total. The number of carbonyl (C=O) groups is 2. The second kappa shape index (κ2) is 7.63. The number of carbonyl (C=O) groups excluding carboxylic acids is 2. The molecule has 0 saturated heterocycles. The number of halogens is 1. The summed E-state index contributed by atoms with van der Waals surface area (Å²) in [4.78, 5) is 28.3. The molecule has 5 rings (SSSR count). The third kappa shape index (κ3) is 3.29. The average molecular weight is 490 g/mol. The van der Waals surface area contributed by atoms with Crippen LogP contribution in [-0.2, 0) is 23.3 Å². The fraction of sp³-hybridized carbons (Fsp3) is 0.542. The molecule has 0 atom stereocenters. The molecular weight excluding hydrogens is 457 g/mol. The highest BCUT2D eigenvalue weighted by Gasteiger charge is 2.51. The van der Waals surface area contributed by atoms with Crippen LogP contribution in [0.15, 0.2) is 12.1 Å². The van der Waals surface area contributed by atoms with Gasteiger partial charge in [-0.05, 0) is 63.5 Å². The van der Waals surface area contributed by atoms with Gasteiger partial charge >= 0.3 is 6.03 Å². The van der Waals surface area contributed by atoms with E-state index in [0.29, 0.717) is 24.6 Å². The first-order valence-corrected chi connectivity index (χ1v) is 14.4. The van der Waals surface area contributed by atoms with Gasteiger partial charge in [0.25, 0.3) is 0 Å². The number of nitrogens with zero attached hydrogens (tertiary/aromatic N) is 2. The summed E-state index contributed by atoms with van der Waals surface area (Å²) in [7, 11) is -1.11. The summed E-state index contributed by atoms with van der Waals surface area (Å²) >= 11 is 0. The predicted molar refractivity (Wildman–Crippen MR) is 132 cm³/mol. The number of amides is 3. The summed E-state index contributed by atoms with van der Waals surface area (Å²) in [6.45, 7) is 4.51. The van der Waals surface area contributed by atoms with E-state index >= 15 is 0 Å². The van der Waals surface area contributed by atoms with Crippen LogP contribution >= 0.6 is 10.0 Å². The number of aromatic nitrogens is 2. The van der Waals surface area contributed by atoms with Gasteiger partial charge in [-0.3, -0.25) is 9.89 Å². The van der Waals surface area contributed by atoms with Crippen LogP contribution in [0.1, 0.15) is 49.9 Å². The topological polar surface area (TPSA) is 99.4 Å².